The van der Waals surface area contributed by atoms with Crippen LogP contribution in [0.2, 0.25) is 0 Å². The fourth-order valence-corrected chi connectivity index (χ4v) is 2.84. The van der Waals surface area contributed by atoms with Gasteiger partial charge in [-0.3, -0.25) is 9.97 Å². The average Bonchev–Trinajstić information content (AvgIpc) is 2.47. The Morgan fingerprint density at radius 2 is 2.00 bits per heavy atom. The lowest BCUT2D eigenvalue weighted by Gasteiger charge is -2.07. The highest BCUT2D eigenvalue weighted by atomic mass is 32.2. The standard InChI is InChI=1S/C14H14N4O2S/c1-11-7-17-14(8-16-11)9-18-21(19,20)10-13-5-3-2-4-12(13)6-15/h2-5,7-8,18H,9-10H2,1H3. The molecule has 0 fully saturated rings. The van der Waals surface area contributed by atoms with Gasteiger partial charge in [0.1, 0.15) is 0 Å². The highest BCUT2D eigenvalue weighted by molar-refractivity contribution is 7.88. The fourth-order valence-electron chi connectivity index (χ4n) is 1.71. The summed E-state index contributed by atoms with van der Waals surface area (Å²) in [6.45, 7) is 1.88. The van der Waals surface area contributed by atoms with Crippen LogP contribution < -0.4 is 4.72 Å². The van der Waals surface area contributed by atoms with Gasteiger partial charge in [-0.2, -0.15) is 5.26 Å². The Labute approximate surface area is 123 Å². The van der Waals surface area contributed by atoms with Gasteiger partial charge >= 0.3 is 0 Å². The maximum Gasteiger partial charge on any atom is 0.216 e. The Morgan fingerprint density at radius 3 is 2.67 bits per heavy atom. The van der Waals surface area contributed by atoms with Crippen LogP contribution in [-0.2, 0) is 22.3 Å². The smallest absolute Gasteiger partial charge is 0.216 e. The van der Waals surface area contributed by atoms with Crippen molar-refractivity contribution in [2.75, 3.05) is 0 Å². The third-order valence-corrected chi connectivity index (χ3v) is 4.07. The van der Waals surface area contributed by atoms with Crippen molar-refractivity contribution < 1.29 is 8.42 Å². The minimum absolute atomic E-state index is 0.0737. The van der Waals surface area contributed by atoms with Crippen LogP contribution >= 0.6 is 0 Å². The molecule has 0 aliphatic heterocycles. The van der Waals surface area contributed by atoms with Crippen LogP contribution in [0, 0.1) is 18.3 Å². The summed E-state index contributed by atoms with van der Waals surface area (Å²) < 4.78 is 26.5. The average molecular weight is 302 g/mol. The highest BCUT2D eigenvalue weighted by Crippen LogP contribution is 2.11. The molecule has 21 heavy (non-hydrogen) atoms. The molecule has 0 aliphatic rings. The van der Waals surface area contributed by atoms with E-state index in [1.54, 1.807) is 37.4 Å². The second kappa shape index (κ2) is 6.43. The van der Waals surface area contributed by atoms with E-state index < -0.39 is 10.0 Å². The van der Waals surface area contributed by atoms with Gasteiger partial charge in [-0.15, -0.1) is 0 Å². The van der Waals surface area contributed by atoms with Gasteiger partial charge in [0.2, 0.25) is 10.0 Å². The largest absolute Gasteiger partial charge is 0.258 e. The topological polar surface area (TPSA) is 95.7 Å². The molecule has 1 aromatic heterocycles. The van der Waals surface area contributed by atoms with E-state index in [0.717, 1.165) is 5.69 Å². The molecular weight excluding hydrogens is 288 g/mol. The third kappa shape index (κ3) is 4.34. The molecule has 6 nitrogen and oxygen atoms in total. The first-order valence-corrected chi connectivity index (χ1v) is 7.88. The van der Waals surface area contributed by atoms with Crippen LogP contribution in [0.15, 0.2) is 36.7 Å². The van der Waals surface area contributed by atoms with Crippen molar-refractivity contribution in [2.45, 2.75) is 19.2 Å². The predicted octanol–water partition coefficient (Wildman–Crippen LogP) is 1.28. The van der Waals surface area contributed by atoms with Crippen molar-refractivity contribution in [2.24, 2.45) is 0 Å². The molecule has 0 bridgehead atoms. The maximum absolute atomic E-state index is 12.0. The van der Waals surface area contributed by atoms with Gasteiger partial charge in [0.25, 0.3) is 0 Å². The Hall–Kier alpha value is -2.30. The van der Waals surface area contributed by atoms with Gasteiger partial charge in [-0.1, -0.05) is 18.2 Å². The normalized spacial score (nSPS) is 11.0. The number of hydrogen-bond acceptors (Lipinski definition) is 5. The maximum atomic E-state index is 12.0. The minimum Gasteiger partial charge on any atom is -0.258 e. The van der Waals surface area contributed by atoms with E-state index in [1.165, 1.54) is 6.20 Å². The molecule has 0 radical (unpaired) electrons. The van der Waals surface area contributed by atoms with Crippen molar-refractivity contribution in [3.05, 3.63) is 59.2 Å². The predicted molar refractivity (Wildman–Crippen MR) is 77.4 cm³/mol. The number of nitrogens with zero attached hydrogens (tertiary/aromatic N) is 3. The molecule has 0 atom stereocenters. The lowest BCUT2D eigenvalue weighted by Crippen LogP contribution is -2.25. The molecule has 7 heteroatoms. The summed E-state index contributed by atoms with van der Waals surface area (Å²) >= 11 is 0. The zero-order valence-corrected chi connectivity index (χ0v) is 12.3. The number of nitriles is 1. The van der Waals surface area contributed by atoms with Crippen molar-refractivity contribution in [3.8, 4) is 6.07 Å². The molecule has 2 rings (SSSR count). The lowest BCUT2D eigenvalue weighted by molar-refractivity contribution is 0.579. The summed E-state index contributed by atoms with van der Waals surface area (Å²) in [7, 11) is -3.54. The van der Waals surface area contributed by atoms with Crippen LogP contribution in [0.5, 0.6) is 0 Å². The van der Waals surface area contributed by atoms with Crippen LogP contribution in [0.4, 0.5) is 0 Å². The number of aryl methyl sites for hydroxylation is 1. The van der Waals surface area contributed by atoms with Gasteiger partial charge in [0.15, 0.2) is 0 Å². The quantitative estimate of drug-likeness (QED) is 0.897. The Morgan fingerprint density at radius 1 is 1.24 bits per heavy atom. The van der Waals surface area contributed by atoms with Crippen LogP contribution in [0.3, 0.4) is 0 Å². The summed E-state index contributed by atoms with van der Waals surface area (Å²) in [4.78, 5) is 8.13. The monoisotopic (exact) mass is 302 g/mol. The van der Waals surface area contributed by atoms with Gasteiger partial charge in [0, 0.05) is 6.20 Å². The molecule has 0 amide bonds. The van der Waals surface area contributed by atoms with E-state index in [0.29, 0.717) is 16.8 Å². The number of hydrogen-bond donors (Lipinski definition) is 1. The van der Waals surface area contributed by atoms with E-state index in [9.17, 15) is 8.42 Å². The lowest BCUT2D eigenvalue weighted by atomic mass is 10.1. The van der Waals surface area contributed by atoms with Gasteiger partial charge < -0.3 is 0 Å². The molecule has 0 aliphatic carbocycles. The summed E-state index contributed by atoms with van der Waals surface area (Å²) in [5.74, 6) is -0.240. The Bertz CT molecular complexity index is 764. The number of sulfonamides is 1. The molecular formula is C14H14N4O2S. The Balaban J connectivity index is 2.05. The van der Waals surface area contributed by atoms with E-state index in [4.69, 9.17) is 5.26 Å². The van der Waals surface area contributed by atoms with Gasteiger partial charge in [0.05, 0.1) is 41.5 Å². The summed E-state index contributed by atoms with van der Waals surface area (Å²) in [5, 5.41) is 8.97. The first-order chi connectivity index (χ1) is 10.00. The second-order valence-corrected chi connectivity index (χ2v) is 6.31. The number of rotatable bonds is 5. The number of benzene rings is 1. The van der Waals surface area contributed by atoms with Crippen molar-refractivity contribution in [3.63, 3.8) is 0 Å². The minimum atomic E-state index is -3.54. The molecule has 0 saturated carbocycles. The van der Waals surface area contributed by atoms with Crippen molar-refractivity contribution in [1.82, 2.24) is 14.7 Å². The summed E-state index contributed by atoms with van der Waals surface area (Å²) in [5.41, 5.74) is 2.14. The summed E-state index contributed by atoms with van der Waals surface area (Å²) in [6, 6.07) is 8.61. The zero-order chi connectivity index (χ0) is 15.3. The molecule has 108 valence electrons. The second-order valence-electron chi connectivity index (χ2n) is 4.50. The van der Waals surface area contributed by atoms with E-state index >= 15 is 0 Å². The number of nitrogens with one attached hydrogen (secondary N) is 1. The molecule has 0 spiro atoms. The molecule has 1 heterocycles. The molecule has 2 aromatic rings. The molecule has 1 N–H and O–H groups in total. The van der Waals surface area contributed by atoms with Crippen molar-refractivity contribution >= 4 is 10.0 Å². The van der Waals surface area contributed by atoms with E-state index in [2.05, 4.69) is 14.7 Å². The van der Waals surface area contributed by atoms with Gasteiger partial charge in [-0.05, 0) is 18.6 Å². The molecule has 0 saturated heterocycles. The highest BCUT2D eigenvalue weighted by Gasteiger charge is 2.14. The SMILES string of the molecule is Cc1cnc(CNS(=O)(=O)Cc2ccccc2C#N)cn1. The van der Waals surface area contributed by atoms with Crippen molar-refractivity contribution in [1.29, 1.82) is 5.26 Å². The molecule has 0 unspecified atom stereocenters. The van der Waals surface area contributed by atoms with E-state index in [1.807, 2.05) is 6.07 Å². The van der Waals surface area contributed by atoms with Gasteiger partial charge in [-0.25, -0.2) is 13.1 Å². The van der Waals surface area contributed by atoms with Crippen LogP contribution in [0.25, 0.3) is 0 Å². The first kappa shape index (κ1) is 15.1. The molecule has 1 aromatic carbocycles. The first-order valence-electron chi connectivity index (χ1n) is 6.23. The van der Waals surface area contributed by atoms with Crippen LogP contribution in [0.1, 0.15) is 22.5 Å². The third-order valence-electron chi connectivity index (χ3n) is 2.79. The fraction of sp³-hybridized carbons (Fsp3) is 0.214. The van der Waals surface area contributed by atoms with Crippen LogP contribution in [-0.4, -0.2) is 18.4 Å². The zero-order valence-electron chi connectivity index (χ0n) is 11.4. The summed E-state index contributed by atoms with van der Waals surface area (Å²) in [6.07, 6.45) is 3.11. The number of aromatic nitrogens is 2. The Kier molecular flexibility index (Phi) is 4.62. The van der Waals surface area contributed by atoms with E-state index in [-0.39, 0.29) is 12.3 Å².